The van der Waals surface area contributed by atoms with Crippen molar-refractivity contribution in [2.45, 2.75) is 45.8 Å². The van der Waals surface area contributed by atoms with E-state index in [-0.39, 0.29) is 12.5 Å². The Bertz CT molecular complexity index is 406. The van der Waals surface area contributed by atoms with Gasteiger partial charge in [-0.3, -0.25) is 0 Å². The predicted molar refractivity (Wildman–Crippen MR) is 75.3 cm³/mol. The van der Waals surface area contributed by atoms with E-state index in [0.29, 0.717) is 6.54 Å². The maximum Gasteiger partial charge on any atom is 0.389 e. The molecule has 0 saturated heterocycles. The lowest BCUT2D eigenvalue weighted by Gasteiger charge is -2.21. The summed E-state index contributed by atoms with van der Waals surface area (Å²) in [5.41, 5.74) is 3.01. The Balaban J connectivity index is 2.92. The fourth-order valence-corrected chi connectivity index (χ4v) is 2.35. The summed E-state index contributed by atoms with van der Waals surface area (Å²) in [6, 6.07) is 3.64. The van der Waals surface area contributed by atoms with Crippen molar-refractivity contribution in [1.29, 1.82) is 0 Å². The molecular weight excluding hydrogens is 319 g/mol. The van der Waals surface area contributed by atoms with Crippen LogP contribution in [0.4, 0.5) is 13.2 Å². The highest BCUT2D eigenvalue weighted by Crippen LogP contribution is 2.30. The fraction of sp³-hybridized carbons (Fsp3) is 0.571. The van der Waals surface area contributed by atoms with Crippen LogP contribution in [0.25, 0.3) is 0 Å². The van der Waals surface area contributed by atoms with E-state index in [0.717, 1.165) is 21.2 Å². The first-order valence-electron chi connectivity index (χ1n) is 6.31. The maximum atomic E-state index is 12.4. The van der Waals surface area contributed by atoms with Crippen LogP contribution in [-0.4, -0.2) is 12.7 Å². The Hall–Kier alpha value is -0.550. The van der Waals surface area contributed by atoms with Gasteiger partial charge in [-0.1, -0.05) is 35.0 Å². The number of nitrogens with one attached hydrogen (secondary N) is 1. The molecule has 5 heteroatoms. The molecule has 1 unspecified atom stereocenters. The summed E-state index contributed by atoms with van der Waals surface area (Å²) in [5, 5.41) is 3.13. The molecule has 1 aromatic rings. The summed E-state index contributed by atoms with van der Waals surface area (Å²) in [6.07, 6.45) is -4.80. The lowest BCUT2D eigenvalue weighted by atomic mass is 9.98. The summed E-state index contributed by atoms with van der Waals surface area (Å²) >= 11 is 3.47. The van der Waals surface area contributed by atoms with Crippen molar-refractivity contribution in [2.24, 2.45) is 0 Å². The number of rotatable bonds is 5. The molecule has 0 bridgehead atoms. The third-order valence-electron chi connectivity index (χ3n) is 3.03. The molecule has 1 atom stereocenters. The highest BCUT2D eigenvalue weighted by Gasteiger charge is 2.28. The van der Waals surface area contributed by atoms with E-state index >= 15 is 0 Å². The van der Waals surface area contributed by atoms with Crippen LogP contribution < -0.4 is 5.32 Å². The Kier molecular flexibility index (Phi) is 5.86. The van der Waals surface area contributed by atoms with Gasteiger partial charge in [0, 0.05) is 16.9 Å². The molecule has 0 fully saturated rings. The van der Waals surface area contributed by atoms with Crippen LogP contribution in [0.2, 0.25) is 0 Å². The number of halogens is 4. The van der Waals surface area contributed by atoms with E-state index in [9.17, 15) is 13.2 Å². The normalized spacial score (nSPS) is 13.6. The van der Waals surface area contributed by atoms with Gasteiger partial charge >= 0.3 is 6.18 Å². The topological polar surface area (TPSA) is 12.0 Å². The van der Waals surface area contributed by atoms with E-state index in [1.165, 1.54) is 0 Å². The molecular formula is C14H19BrF3N. The average Bonchev–Trinajstić information content (AvgIpc) is 2.29. The second kappa shape index (κ2) is 6.75. The Morgan fingerprint density at radius 1 is 1.21 bits per heavy atom. The minimum atomic E-state index is -4.10. The highest BCUT2D eigenvalue weighted by molar-refractivity contribution is 9.10. The van der Waals surface area contributed by atoms with E-state index in [4.69, 9.17) is 0 Å². The second-order valence-electron chi connectivity index (χ2n) is 4.73. The first-order chi connectivity index (χ1) is 8.74. The Morgan fingerprint density at radius 3 is 2.16 bits per heavy atom. The van der Waals surface area contributed by atoms with Gasteiger partial charge in [0.05, 0.1) is 0 Å². The summed E-state index contributed by atoms with van der Waals surface area (Å²) in [5.74, 6) is 0. The van der Waals surface area contributed by atoms with Crippen molar-refractivity contribution in [3.05, 3.63) is 33.3 Å². The molecule has 1 nitrogen and oxygen atoms in total. The third kappa shape index (κ3) is 5.15. The quantitative estimate of drug-likeness (QED) is 0.791. The molecule has 0 heterocycles. The number of alkyl halides is 3. The lowest BCUT2D eigenvalue weighted by Crippen LogP contribution is -2.23. The molecule has 0 aliphatic heterocycles. The highest BCUT2D eigenvalue weighted by atomic mass is 79.9. The number of hydrogen-bond donors (Lipinski definition) is 1. The van der Waals surface area contributed by atoms with Crippen molar-refractivity contribution in [2.75, 3.05) is 6.54 Å². The number of aryl methyl sites for hydroxylation is 2. The van der Waals surface area contributed by atoms with Crippen molar-refractivity contribution < 1.29 is 13.2 Å². The Morgan fingerprint density at radius 2 is 1.74 bits per heavy atom. The van der Waals surface area contributed by atoms with Gasteiger partial charge in [0.25, 0.3) is 0 Å². The zero-order chi connectivity index (χ0) is 14.6. The summed E-state index contributed by atoms with van der Waals surface area (Å²) in [6.45, 7) is 6.45. The molecule has 0 aliphatic rings. The van der Waals surface area contributed by atoms with Gasteiger partial charge in [0.15, 0.2) is 0 Å². The first kappa shape index (κ1) is 16.5. The van der Waals surface area contributed by atoms with Crippen LogP contribution in [-0.2, 0) is 0 Å². The zero-order valence-electron chi connectivity index (χ0n) is 11.4. The summed E-state index contributed by atoms with van der Waals surface area (Å²) in [7, 11) is 0. The predicted octanol–water partition coefficient (Wildman–Crippen LogP) is 5.06. The van der Waals surface area contributed by atoms with Crippen LogP contribution in [0.3, 0.4) is 0 Å². The number of benzene rings is 1. The van der Waals surface area contributed by atoms with Gasteiger partial charge in [-0.2, -0.15) is 13.2 Å². The lowest BCUT2D eigenvalue weighted by molar-refractivity contribution is -0.136. The molecule has 1 N–H and O–H groups in total. The van der Waals surface area contributed by atoms with E-state index < -0.39 is 12.6 Å². The van der Waals surface area contributed by atoms with E-state index in [1.54, 1.807) is 0 Å². The molecule has 0 radical (unpaired) electrons. The molecule has 0 amide bonds. The van der Waals surface area contributed by atoms with Crippen LogP contribution >= 0.6 is 15.9 Å². The monoisotopic (exact) mass is 337 g/mol. The van der Waals surface area contributed by atoms with Crippen LogP contribution in [0.5, 0.6) is 0 Å². The van der Waals surface area contributed by atoms with Gasteiger partial charge in [-0.25, -0.2) is 0 Å². The van der Waals surface area contributed by atoms with E-state index in [1.807, 2.05) is 32.9 Å². The van der Waals surface area contributed by atoms with Gasteiger partial charge in [-0.05, 0) is 43.5 Å². The molecule has 0 spiro atoms. The maximum absolute atomic E-state index is 12.4. The van der Waals surface area contributed by atoms with Crippen LogP contribution in [0.15, 0.2) is 16.6 Å². The third-order valence-corrected chi connectivity index (χ3v) is 4.28. The van der Waals surface area contributed by atoms with E-state index in [2.05, 4.69) is 21.2 Å². The number of hydrogen-bond acceptors (Lipinski definition) is 1. The average molecular weight is 338 g/mol. The zero-order valence-corrected chi connectivity index (χ0v) is 13.0. The minimum Gasteiger partial charge on any atom is -0.310 e. The van der Waals surface area contributed by atoms with Crippen molar-refractivity contribution in [1.82, 2.24) is 5.32 Å². The van der Waals surface area contributed by atoms with Gasteiger partial charge < -0.3 is 5.32 Å². The molecule has 0 aromatic heterocycles. The SMILES string of the molecule is CCNC(CCC(F)(F)F)c1cc(C)c(Br)c(C)c1. The van der Waals surface area contributed by atoms with Crippen molar-refractivity contribution >= 4 is 15.9 Å². The van der Waals surface area contributed by atoms with Crippen LogP contribution in [0.1, 0.15) is 42.5 Å². The second-order valence-corrected chi connectivity index (χ2v) is 5.53. The smallest absolute Gasteiger partial charge is 0.310 e. The minimum absolute atomic E-state index is 0.0673. The first-order valence-corrected chi connectivity index (χ1v) is 7.10. The fourth-order valence-electron chi connectivity index (χ4n) is 2.12. The summed E-state index contributed by atoms with van der Waals surface area (Å²) in [4.78, 5) is 0. The molecule has 19 heavy (non-hydrogen) atoms. The van der Waals surface area contributed by atoms with Crippen molar-refractivity contribution in [3.63, 3.8) is 0 Å². The van der Waals surface area contributed by atoms with Gasteiger partial charge in [-0.15, -0.1) is 0 Å². The molecule has 0 saturated carbocycles. The van der Waals surface area contributed by atoms with Crippen molar-refractivity contribution in [3.8, 4) is 0 Å². The van der Waals surface area contributed by atoms with Gasteiger partial charge in [0.2, 0.25) is 0 Å². The summed E-state index contributed by atoms with van der Waals surface area (Å²) < 4.78 is 38.1. The standard InChI is InChI=1S/C14H19BrF3N/c1-4-19-12(5-6-14(16,17)18)11-7-9(2)13(15)10(3)8-11/h7-8,12,19H,4-6H2,1-3H3. The Labute approximate surface area is 120 Å². The van der Waals surface area contributed by atoms with Crippen LogP contribution in [0, 0.1) is 13.8 Å². The molecule has 0 aliphatic carbocycles. The molecule has 1 aromatic carbocycles. The van der Waals surface area contributed by atoms with Gasteiger partial charge in [0.1, 0.15) is 0 Å². The molecule has 108 valence electrons. The largest absolute Gasteiger partial charge is 0.389 e. The molecule has 1 rings (SSSR count).